The first-order chi connectivity index (χ1) is 6.31. The summed E-state index contributed by atoms with van der Waals surface area (Å²) in [5.41, 5.74) is 0.634. The molecule has 68 valence electrons. The standard InChI is InChI=1S/C10H11NOS/c1-13-9-4-2-3-8(11-9)10(12)7-5-6-7/h2-4,7H,5-6H2,1H3. The third kappa shape index (κ3) is 1.91. The fraction of sp³-hybridized carbons (Fsp3) is 0.400. The van der Waals surface area contributed by atoms with Crippen LogP contribution in [-0.4, -0.2) is 17.0 Å². The predicted octanol–water partition coefficient (Wildman–Crippen LogP) is 2.40. The molecule has 1 aliphatic rings. The zero-order valence-corrected chi connectivity index (χ0v) is 8.30. The summed E-state index contributed by atoms with van der Waals surface area (Å²) >= 11 is 1.57. The van der Waals surface area contributed by atoms with Gasteiger partial charge in [-0.1, -0.05) is 6.07 Å². The summed E-state index contributed by atoms with van der Waals surface area (Å²) in [6.45, 7) is 0. The molecule has 1 aromatic heterocycles. The molecule has 2 nitrogen and oxygen atoms in total. The molecular weight excluding hydrogens is 182 g/mol. The second-order valence-electron chi connectivity index (χ2n) is 3.20. The summed E-state index contributed by atoms with van der Waals surface area (Å²) < 4.78 is 0. The normalized spacial score (nSPS) is 15.8. The van der Waals surface area contributed by atoms with Gasteiger partial charge < -0.3 is 0 Å². The van der Waals surface area contributed by atoms with Crippen molar-refractivity contribution in [3.8, 4) is 0 Å². The summed E-state index contributed by atoms with van der Waals surface area (Å²) in [6.07, 6.45) is 4.06. The Morgan fingerprint density at radius 3 is 2.92 bits per heavy atom. The van der Waals surface area contributed by atoms with E-state index in [1.165, 1.54) is 0 Å². The first-order valence-corrected chi connectivity index (χ1v) is 5.59. The van der Waals surface area contributed by atoms with E-state index in [1.54, 1.807) is 17.8 Å². The molecule has 0 bridgehead atoms. The molecule has 1 saturated carbocycles. The van der Waals surface area contributed by atoms with Crippen molar-refractivity contribution in [3.63, 3.8) is 0 Å². The number of hydrogen-bond acceptors (Lipinski definition) is 3. The van der Waals surface area contributed by atoms with E-state index in [-0.39, 0.29) is 11.7 Å². The van der Waals surface area contributed by atoms with Gasteiger partial charge in [0.2, 0.25) is 0 Å². The van der Waals surface area contributed by atoms with Crippen molar-refractivity contribution in [2.75, 3.05) is 6.26 Å². The molecule has 3 heteroatoms. The largest absolute Gasteiger partial charge is 0.292 e. The lowest BCUT2D eigenvalue weighted by Crippen LogP contribution is -2.04. The highest BCUT2D eigenvalue weighted by Crippen LogP contribution is 2.32. The zero-order valence-electron chi connectivity index (χ0n) is 7.49. The summed E-state index contributed by atoms with van der Waals surface area (Å²) in [4.78, 5) is 15.9. The number of carbonyl (C=O) groups excluding carboxylic acids is 1. The Labute approximate surface area is 81.8 Å². The van der Waals surface area contributed by atoms with Gasteiger partial charge >= 0.3 is 0 Å². The molecule has 0 N–H and O–H groups in total. The predicted molar refractivity (Wildman–Crippen MR) is 53.1 cm³/mol. The maximum Gasteiger partial charge on any atom is 0.184 e. The van der Waals surface area contributed by atoms with Crippen molar-refractivity contribution in [1.82, 2.24) is 4.98 Å². The molecule has 1 aliphatic carbocycles. The van der Waals surface area contributed by atoms with Crippen LogP contribution >= 0.6 is 11.8 Å². The highest BCUT2D eigenvalue weighted by molar-refractivity contribution is 7.98. The van der Waals surface area contributed by atoms with Crippen molar-refractivity contribution in [2.24, 2.45) is 5.92 Å². The number of Topliss-reactive ketones (excluding diaryl/α,β-unsaturated/α-hetero) is 1. The first kappa shape index (κ1) is 8.75. The minimum absolute atomic E-state index is 0.218. The smallest absolute Gasteiger partial charge is 0.184 e. The second kappa shape index (κ2) is 3.50. The number of nitrogens with zero attached hydrogens (tertiary/aromatic N) is 1. The van der Waals surface area contributed by atoms with E-state index >= 15 is 0 Å². The zero-order chi connectivity index (χ0) is 9.26. The highest BCUT2D eigenvalue weighted by Gasteiger charge is 2.31. The molecule has 0 amide bonds. The lowest BCUT2D eigenvalue weighted by atomic mass is 10.2. The van der Waals surface area contributed by atoms with Crippen LogP contribution in [0.4, 0.5) is 0 Å². The number of thioether (sulfide) groups is 1. The molecule has 0 aliphatic heterocycles. The van der Waals surface area contributed by atoms with E-state index in [2.05, 4.69) is 4.98 Å². The Hall–Kier alpha value is -0.830. The summed E-state index contributed by atoms with van der Waals surface area (Å²) in [5.74, 6) is 0.487. The first-order valence-electron chi connectivity index (χ1n) is 4.36. The highest BCUT2D eigenvalue weighted by atomic mass is 32.2. The number of aromatic nitrogens is 1. The molecule has 0 unspecified atom stereocenters. The van der Waals surface area contributed by atoms with Crippen LogP contribution in [-0.2, 0) is 0 Å². The second-order valence-corrected chi connectivity index (χ2v) is 4.03. The maximum atomic E-state index is 11.6. The summed E-state index contributed by atoms with van der Waals surface area (Å²) in [6, 6.07) is 5.63. The van der Waals surface area contributed by atoms with E-state index in [4.69, 9.17) is 0 Å². The molecule has 1 fully saturated rings. The maximum absolute atomic E-state index is 11.6. The van der Waals surface area contributed by atoms with Gasteiger partial charge in [0.25, 0.3) is 0 Å². The van der Waals surface area contributed by atoms with Gasteiger partial charge in [-0.3, -0.25) is 4.79 Å². The van der Waals surface area contributed by atoms with Crippen LogP contribution < -0.4 is 0 Å². The Morgan fingerprint density at radius 1 is 1.54 bits per heavy atom. The van der Waals surface area contributed by atoms with Crippen molar-refractivity contribution in [2.45, 2.75) is 17.9 Å². The molecule has 0 saturated heterocycles. The van der Waals surface area contributed by atoms with Crippen molar-refractivity contribution in [1.29, 1.82) is 0 Å². The SMILES string of the molecule is CSc1cccc(C(=O)C2CC2)n1. The monoisotopic (exact) mass is 193 g/mol. The molecule has 0 atom stereocenters. The lowest BCUT2D eigenvalue weighted by molar-refractivity contribution is 0.0962. The Kier molecular flexibility index (Phi) is 2.36. The van der Waals surface area contributed by atoms with Gasteiger partial charge in [0.05, 0.1) is 5.03 Å². The van der Waals surface area contributed by atoms with Gasteiger partial charge in [0.1, 0.15) is 5.69 Å². The minimum atomic E-state index is 0.218. The number of hydrogen-bond donors (Lipinski definition) is 0. The molecule has 2 rings (SSSR count). The van der Waals surface area contributed by atoms with E-state index in [0.29, 0.717) is 5.69 Å². The number of pyridine rings is 1. The van der Waals surface area contributed by atoms with E-state index in [0.717, 1.165) is 17.9 Å². The molecule has 0 aromatic carbocycles. The van der Waals surface area contributed by atoms with Gasteiger partial charge in [-0.2, -0.15) is 0 Å². The van der Waals surface area contributed by atoms with Crippen LogP contribution in [0, 0.1) is 5.92 Å². The van der Waals surface area contributed by atoms with Crippen molar-refractivity contribution < 1.29 is 4.79 Å². The lowest BCUT2D eigenvalue weighted by Gasteiger charge is -1.99. The molecule has 0 radical (unpaired) electrons. The van der Waals surface area contributed by atoms with Crippen LogP contribution in [0.3, 0.4) is 0 Å². The molecule has 13 heavy (non-hydrogen) atoms. The quantitative estimate of drug-likeness (QED) is 0.545. The summed E-state index contributed by atoms with van der Waals surface area (Å²) in [7, 11) is 0. The minimum Gasteiger partial charge on any atom is -0.292 e. The molecule has 1 heterocycles. The fourth-order valence-electron chi connectivity index (χ4n) is 1.22. The Balaban J connectivity index is 2.23. The molecule has 1 aromatic rings. The van der Waals surface area contributed by atoms with Crippen LogP contribution in [0.15, 0.2) is 23.2 Å². The Bertz CT molecular complexity index is 333. The van der Waals surface area contributed by atoms with Crippen LogP contribution in [0.1, 0.15) is 23.3 Å². The van der Waals surface area contributed by atoms with E-state index < -0.39 is 0 Å². The average Bonchev–Trinajstić information content (AvgIpc) is 3.00. The van der Waals surface area contributed by atoms with E-state index in [9.17, 15) is 4.79 Å². The average molecular weight is 193 g/mol. The third-order valence-corrected chi connectivity index (χ3v) is 2.78. The van der Waals surface area contributed by atoms with Crippen LogP contribution in [0.2, 0.25) is 0 Å². The van der Waals surface area contributed by atoms with Crippen molar-refractivity contribution in [3.05, 3.63) is 23.9 Å². The van der Waals surface area contributed by atoms with Gasteiger partial charge in [0, 0.05) is 5.92 Å². The summed E-state index contributed by atoms with van der Waals surface area (Å²) in [5, 5.41) is 0.923. The van der Waals surface area contributed by atoms with Crippen molar-refractivity contribution >= 4 is 17.5 Å². The van der Waals surface area contributed by atoms with Gasteiger partial charge in [-0.25, -0.2) is 4.98 Å². The number of rotatable bonds is 3. The molecule has 0 spiro atoms. The van der Waals surface area contributed by atoms with Gasteiger partial charge in [0.15, 0.2) is 5.78 Å². The molecular formula is C10H11NOS. The third-order valence-electron chi connectivity index (χ3n) is 2.13. The van der Waals surface area contributed by atoms with Gasteiger partial charge in [-0.05, 0) is 31.2 Å². The number of ketones is 1. The topological polar surface area (TPSA) is 30.0 Å². The van der Waals surface area contributed by atoms with E-state index in [1.807, 2.05) is 18.4 Å². The van der Waals surface area contributed by atoms with Crippen LogP contribution in [0.5, 0.6) is 0 Å². The van der Waals surface area contributed by atoms with Crippen LogP contribution in [0.25, 0.3) is 0 Å². The van der Waals surface area contributed by atoms with Gasteiger partial charge in [-0.15, -0.1) is 11.8 Å². The Morgan fingerprint density at radius 2 is 2.31 bits per heavy atom. The number of carbonyl (C=O) groups is 1. The fourth-order valence-corrected chi connectivity index (χ4v) is 1.62.